The fraction of sp³-hybridized carbons (Fsp3) is 0.417. The summed E-state index contributed by atoms with van der Waals surface area (Å²) < 4.78 is 5.99. The van der Waals surface area contributed by atoms with E-state index in [1.54, 1.807) is 25.1 Å². The zero-order valence-electron chi connectivity index (χ0n) is 9.87. The van der Waals surface area contributed by atoms with Crippen LogP contribution in [0.5, 0.6) is 5.75 Å². The van der Waals surface area contributed by atoms with Crippen molar-refractivity contribution in [3.05, 3.63) is 28.2 Å². The second-order valence-corrected chi connectivity index (χ2v) is 4.65. The van der Waals surface area contributed by atoms with Gasteiger partial charge in [-0.1, -0.05) is 15.9 Å². The predicted octanol–water partition coefficient (Wildman–Crippen LogP) is 1.96. The summed E-state index contributed by atoms with van der Waals surface area (Å²) in [5.41, 5.74) is 0.487. The SMILES string of the molecule is COc1cc(Br)ccc1C(=O)NCCC(C)O. The van der Waals surface area contributed by atoms with Crippen LogP contribution >= 0.6 is 15.9 Å². The van der Waals surface area contributed by atoms with E-state index in [4.69, 9.17) is 9.84 Å². The molecule has 94 valence electrons. The number of nitrogens with one attached hydrogen (secondary N) is 1. The van der Waals surface area contributed by atoms with Gasteiger partial charge in [0.15, 0.2) is 0 Å². The zero-order valence-corrected chi connectivity index (χ0v) is 11.5. The Balaban J connectivity index is 2.68. The Morgan fingerprint density at radius 1 is 1.59 bits per heavy atom. The molecule has 0 aliphatic carbocycles. The molecule has 0 radical (unpaired) electrons. The molecule has 17 heavy (non-hydrogen) atoms. The highest BCUT2D eigenvalue weighted by Crippen LogP contribution is 2.23. The van der Waals surface area contributed by atoms with Gasteiger partial charge in [0.1, 0.15) is 5.75 Å². The van der Waals surface area contributed by atoms with Crippen LogP contribution in [-0.4, -0.2) is 30.8 Å². The van der Waals surface area contributed by atoms with Crippen LogP contribution in [0.1, 0.15) is 23.7 Å². The number of benzene rings is 1. The van der Waals surface area contributed by atoms with Crippen molar-refractivity contribution in [3.63, 3.8) is 0 Å². The number of amides is 1. The summed E-state index contributed by atoms with van der Waals surface area (Å²) in [4.78, 5) is 11.8. The van der Waals surface area contributed by atoms with Gasteiger partial charge in [-0.15, -0.1) is 0 Å². The molecule has 0 saturated carbocycles. The van der Waals surface area contributed by atoms with Crippen LogP contribution in [0, 0.1) is 0 Å². The van der Waals surface area contributed by atoms with Crippen molar-refractivity contribution in [1.29, 1.82) is 0 Å². The zero-order chi connectivity index (χ0) is 12.8. The Kier molecular flexibility index (Phi) is 5.44. The van der Waals surface area contributed by atoms with Crippen LogP contribution in [0.2, 0.25) is 0 Å². The lowest BCUT2D eigenvalue weighted by Crippen LogP contribution is -2.26. The van der Waals surface area contributed by atoms with Crippen LogP contribution < -0.4 is 10.1 Å². The predicted molar refractivity (Wildman–Crippen MR) is 69.3 cm³/mol. The number of aliphatic hydroxyl groups is 1. The lowest BCUT2D eigenvalue weighted by Gasteiger charge is -2.10. The highest BCUT2D eigenvalue weighted by molar-refractivity contribution is 9.10. The molecule has 1 aromatic carbocycles. The highest BCUT2D eigenvalue weighted by Gasteiger charge is 2.12. The number of carbonyl (C=O) groups is 1. The maximum Gasteiger partial charge on any atom is 0.255 e. The Morgan fingerprint density at radius 3 is 2.88 bits per heavy atom. The van der Waals surface area contributed by atoms with Crippen molar-refractivity contribution in [2.24, 2.45) is 0 Å². The third-order valence-electron chi connectivity index (χ3n) is 2.26. The first-order valence-corrected chi connectivity index (χ1v) is 6.13. The minimum atomic E-state index is -0.415. The van der Waals surface area contributed by atoms with Crippen LogP contribution in [-0.2, 0) is 0 Å². The van der Waals surface area contributed by atoms with Gasteiger partial charge in [-0.25, -0.2) is 0 Å². The fourth-order valence-electron chi connectivity index (χ4n) is 1.34. The molecule has 2 N–H and O–H groups in total. The van der Waals surface area contributed by atoms with Crippen molar-refractivity contribution in [2.75, 3.05) is 13.7 Å². The Morgan fingerprint density at radius 2 is 2.29 bits per heavy atom. The van der Waals surface area contributed by atoms with Gasteiger partial charge in [-0.05, 0) is 31.5 Å². The molecule has 0 saturated heterocycles. The second kappa shape index (κ2) is 6.61. The number of rotatable bonds is 5. The molecule has 0 spiro atoms. The van der Waals surface area contributed by atoms with Gasteiger partial charge in [0.2, 0.25) is 0 Å². The average molecular weight is 302 g/mol. The van der Waals surface area contributed by atoms with Gasteiger partial charge in [0.05, 0.1) is 18.8 Å². The second-order valence-electron chi connectivity index (χ2n) is 3.74. The molecule has 0 fully saturated rings. The Labute approximate surface area is 109 Å². The molecular weight excluding hydrogens is 286 g/mol. The lowest BCUT2D eigenvalue weighted by molar-refractivity contribution is 0.0942. The molecule has 4 nitrogen and oxygen atoms in total. The maximum absolute atomic E-state index is 11.8. The van der Waals surface area contributed by atoms with Crippen molar-refractivity contribution >= 4 is 21.8 Å². The van der Waals surface area contributed by atoms with Crippen molar-refractivity contribution in [2.45, 2.75) is 19.4 Å². The number of methoxy groups -OCH3 is 1. The Bertz CT molecular complexity index is 393. The van der Waals surface area contributed by atoms with E-state index in [0.717, 1.165) is 4.47 Å². The van der Waals surface area contributed by atoms with Crippen LogP contribution in [0.4, 0.5) is 0 Å². The van der Waals surface area contributed by atoms with E-state index in [-0.39, 0.29) is 5.91 Å². The van der Waals surface area contributed by atoms with Crippen LogP contribution in [0.3, 0.4) is 0 Å². The molecular formula is C12H16BrNO3. The third-order valence-corrected chi connectivity index (χ3v) is 2.75. The summed E-state index contributed by atoms with van der Waals surface area (Å²) in [7, 11) is 1.52. The molecule has 1 rings (SSSR count). The number of ether oxygens (including phenoxy) is 1. The first-order chi connectivity index (χ1) is 8.04. The fourth-order valence-corrected chi connectivity index (χ4v) is 1.68. The molecule has 0 aliphatic rings. The van der Waals surface area contributed by atoms with E-state index in [1.165, 1.54) is 7.11 Å². The normalized spacial score (nSPS) is 12.0. The molecule has 0 aromatic heterocycles. The van der Waals surface area contributed by atoms with Gasteiger partial charge in [-0.3, -0.25) is 4.79 Å². The molecule has 5 heteroatoms. The molecule has 1 amide bonds. The van der Waals surface area contributed by atoms with E-state index >= 15 is 0 Å². The summed E-state index contributed by atoms with van der Waals surface area (Å²) in [6.07, 6.45) is 0.118. The number of carbonyl (C=O) groups excluding carboxylic acids is 1. The molecule has 1 unspecified atom stereocenters. The van der Waals surface area contributed by atoms with Crippen LogP contribution in [0.25, 0.3) is 0 Å². The topological polar surface area (TPSA) is 58.6 Å². The highest BCUT2D eigenvalue weighted by atomic mass is 79.9. The van der Waals surface area contributed by atoms with Gasteiger partial charge >= 0.3 is 0 Å². The first kappa shape index (κ1) is 14.0. The summed E-state index contributed by atoms with van der Waals surface area (Å²) in [6, 6.07) is 5.22. The van der Waals surface area contributed by atoms with Crippen LogP contribution in [0.15, 0.2) is 22.7 Å². The minimum absolute atomic E-state index is 0.199. The quantitative estimate of drug-likeness (QED) is 0.874. The van der Waals surface area contributed by atoms with Gasteiger partial charge in [0, 0.05) is 11.0 Å². The summed E-state index contributed by atoms with van der Waals surface area (Å²) >= 11 is 3.31. The standard InChI is InChI=1S/C12H16BrNO3/c1-8(15)5-6-14-12(16)10-4-3-9(13)7-11(10)17-2/h3-4,7-8,15H,5-6H2,1-2H3,(H,14,16). The largest absolute Gasteiger partial charge is 0.496 e. The number of hydrogen-bond donors (Lipinski definition) is 2. The molecule has 0 aliphatic heterocycles. The number of halogens is 1. The van der Waals surface area contributed by atoms with E-state index in [0.29, 0.717) is 24.3 Å². The van der Waals surface area contributed by atoms with Crippen molar-refractivity contribution < 1.29 is 14.6 Å². The summed E-state index contributed by atoms with van der Waals surface area (Å²) in [5, 5.41) is 11.8. The number of aliphatic hydroxyl groups excluding tert-OH is 1. The van der Waals surface area contributed by atoms with E-state index in [1.807, 2.05) is 0 Å². The summed E-state index contributed by atoms with van der Waals surface area (Å²) in [5.74, 6) is 0.323. The van der Waals surface area contributed by atoms with E-state index in [9.17, 15) is 4.79 Å². The third kappa shape index (κ3) is 4.36. The van der Waals surface area contributed by atoms with Gasteiger partial charge in [-0.2, -0.15) is 0 Å². The summed E-state index contributed by atoms with van der Waals surface area (Å²) in [6.45, 7) is 2.13. The maximum atomic E-state index is 11.8. The smallest absolute Gasteiger partial charge is 0.255 e. The molecule has 0 heterocycles. The van der Waals surface area contributed by atoms with E-state index in [2.05, 4.69) is 21.2 Å². The molecule has 1 aromatic rings. The molecule has 1 atom stereocenters. The Hall–Kier alpha value is -1.07. The first-order valence-electron chi connectivity index (χ1n) is 5.34. The van der Waals surface area contributed by atoms with Crippen molar-refractivity contribution in [3.8, 4) is 5.75 Å². The number of hydrogen-bond acceptors (Lipinski definition) is 3. The van der Waals surface area contributed by atoms with Gasteiger partial charge in [0.25, 0.3) is 5.91 Å². The van der Waals surface area contributed by atoms with E-state index < -0.39 is 6.10 Å². The van der Waals surface area contributed by atoms with Gasteiger partial charge < -0.3 is 15.2 Å². The lowest BCUT2D eigenvalue weighted by atomic mass is 10.2. The monoisotopic (exact) mass is 301 g/mol. The molecule has 0 bridgehead atoms. The van der Waals surface area contributed by atoms with Crippen molar-refractivity contribution in [1.82, 2.24) is 5.32 Å². The minimum Gasteiger partial charge on any atom is -0.496 e. The average Bonchev–Trinajstić information content (AvgIpc) is 2.28.